The van der Waals surface area contributed by atoms with E-state index in [1.807, 2.05) is 0 Å². The highest BCUT2D eigenvalue weighted by molar-refractivity contribution is 8.18. The van der Waals surface area contributed by atoms with Crippen molar-refractivity contribution in [2.45, 2.75) is 0 Å². The molecule has 1 aliphatic rings. The molecule has 0 amide bonds. The van der Waals surface area contributed by atoms with Gasteiger partial charge in [0.25, 0.3) is 0 Å². The van der Waals surface area contributed by atoms with E-state index in [0.717, 1.165) is 19.3 Å². The van der Waals surface area contributed by atoms with E-state index in [2.05, 4.69) is 4.52 Å². The Morgan fingerprint density at radius 3 is 1.80 bits per heavy atom. The maximum Gasteiger partial charge on any atom is 0.231 e. The van der Waals surface area contributed by atoms with Gasteiger partial charge >= 0.3 is 0 Å². The molecule has 1 aromatic rings. The Balaban J connectivity index is 0.000000217. The minimum Gasteiger partial charge on any atom is -0.399 e. The second-order valence-electron chi connectivity index (χ2n) is 3.17. The standard InChI is InChI=1S/C6H8N2.Cl6N3P3/c7-5-1-2-6(8)4-3-5;1-8-10(3)7-12(5,6)9(2)11(8)4/h1-4H,7-8H2;. The van der Waals surface area contributed by atoms with E-state index in [9.17, 15) is 0 Å². The van der Waals surface area contributed by atoms with Crippen molar-refractivity contribution in [2.75, 3.05) is 11.5 Å². The van der Waals surface area contributed by atoms with Gasteiger partial charge in [-0.25, -0.2) is 4.52 Å². The molecule has 4 N–H and O–H groups in total. The van der Waals surface area contributed by atoms with Gasteiger partial charge < -0.3 is 11.5 Å². The third-order valence-corrected chi connectivity index (χ3v) is 15.5. The lowest BCUT2D eigenvalue weighted by molar-refractivity contribution is 1.06. The van der Waals surface area contributed by atoms with Crippen molar-refractivity contribution in [1.82, 2.24) is 7.92 Å². The van der Waals surface area contributed by atoms with Gasteiger partial charge in [-0.05, 0) is 81.5 Å². The number of nitrogens with two attached hydrogens (primary N) is 2. The van der Waals surface area contributed by atoms with Crippen LogP contribution in [-0.4, -0.2) is 7.92 Å². The fourth-order valence-corrected chi connectivity index (χ4v) is 12.8. The number of nitrogen functional groups attached to an aromatic ring is 2. The molecular formula is C6H8Cl6N5P3. The van der Waals surface area contributed by atoms with Crippen molar-refractivity contribution in [3.63, 3.8) is 0 Å². The lowest BCUT2D eigenvalue weighted by atomic mass is 10.3. The highest BCUT2D eigenvalue weighted by Gasteiger charge is 2.41. The molecule has 1 aromatic carbocycles. The minimum atomic E-state index is -2.74. The van der Waals surface area contributed by atoms with Crippen LogP contribution in [0.3, 0.4) is 0 Å². The van der Waals surface area contributed by atoms with Crippen LogP contribution in [-0.2, 0) is 0 Å². The molecule has 2 unspecified atom stereocenters. The summed E-state index contributed by atoms with van der Waals surface area (Å²) in [4.78, 5) is 0. The quantitative estimate of drug-likeness (QED) is 0.248. The summed E-state index contributed by atoms with van der Waals surface area (Å²) < 4.78 is 5.98. The Morgan fingerprint density at radius 1 is 1.00 bits per heavy atom. The summed E-state index contributed by atoms with van der Waals surface area (Å²) in [6, 6.07) is 7.09. The second-order valence-corrected chi connectivity index (χ2v) is 14.8. The molecule has 20 heavy (non-hydrogen) atoms. The van der Waals surface area contributed by atoms with E-state index < -0.39 is 21.1 Å². The molecule has 0 aliphatic carbocycles. The van der Waals surface area contributed by atoms with Crippen molar-refractivity contribution < 1.29 is 0 Å². The smallest absolute Gasteiger partial charge is 0.231 e. The zero-order chi connectivity index (χ0) is 15.5. The summed E-state index contributed by atoms with van der Waals surface area (Å²) in [5.74, 6) is -2.74. The van der Waals surface area contributed by atoms with E-state index >= 15 is 0 Å². The van der Waals surface area contributed by atoms with Crippen LogP contribution in [0.5, 0.6) is 0 Å². The van der Waals surface area contributed by atoms with Crippen LogP contribution < -0.4 is 11.5 Å². The summed E-state index contributed by atoms with van der Waals surface area (Å²) in [5.41, 5.74) is 12.2. The van der Waals surface area contributed by atoms with Crippen LogP contribution in [0, 0.1) is 0 Å². The molecule has 114 valence electrons. The summed E-state index contributed by atoms with van der Waals surface area (Å²) in [7, 11) is -2.94. The predicted octanol–water partition coefficient (Wildman–Crippen LogP) is 7.12. The van der Waals surface area contributed by atoms with Gasteiger partial charge in [-0.15, -0.1) is 7.92 Å². The molecule has 2 rings (SSSR count). The molecule has 0 bridgehead atoms. The van der Waals surface area contributed by atoms with Gasteiger partial charge in [-0.2, -0.15) is 0 Å². The van der Waals surface area contributed by atoms with Gasteiger partial charge in [0.2, 0.25) is 13.5 Å². The number of rotatable bonds is 0. The van der Waals surface area contributed by atoms with E-state index in [1.165, 1.54) is 0 Å². The van der Waals surface area contributed by atoms with Crippen LogP contribution in [0.15, 0.2) is 28.8 Å². The van der Waals surface area contributed by atoms with Crippen LogP contribution in [0.25, 0.3) is 0 Å². The fraction of sp³-hybridized carbons (Fsp3) is 0. The van der Waals surface area contributed by atoms with Crippen LogP contribution in [0.1, 0.15) is 0 Å². The molecule has 0 saturated heterocycles. The van der Waals surface area contributed by atoms with Gasteiger partial charge in [0.05, 0.1) is 0 Å². The third-order valence-electron chi connectivity index (χ3n) is 1.72. The number of nitrogens with zero attached hydrogens (tertiary/aromatic N) is 3. The molecule has 0 aromatic heterocycles. The monoisotopic (exact) mass is 453 g/mol. The van der Waals surface area contributed by atoms with E-state index in [1.54, 1.807) is 24.3 Å². The molecule has 0 spiro atoms. The largest absolute Gasteiger partial charge is 0.399 e. The molecule has 0 fully saturated rings. The first-order valence-corrected chi connectivity index (χ1v) is 13.1. The summed E-state index contributed by atoms with van der Waals surface area (Å²) in [5, 5.41) is 0. The first kappa shape index (κ1) is 19.6. The number of benzene rings is 1. The van der Waals surface area contributed by atoms with Crippen molar-refractivity contribution in [3.8, 4) is 0 Å². The van der Waals surface area contributed by atoms with Crippen LogP contribution >= 0.6 is 89.6 Å². The van der Waals surface area contributed by atoms with Crippen molar-refractivity contribution in [3.05, 3.63) is 24.3 Å². The molecule has 14 heteroatoms. The maximum atomic E-state index is 5.78. The molecular weight excluding hydrogens is 448 g/mol. The first-order valence-electron chi connectivity index (χ1n) is 4.61. The Bertz CT molecular complexity index is 475. The second kappa shape index (κ2) is 8.43. The highest BCUT2D eigenvalue weighted by Crippen LogP contribution is 2.85. The normalized spacial score (nSPS) is 26.3. The first-order chi connectivity index (χ1) is 9.15. The summed E-state index contributed by atoms with van der Waals surface area (Å²) in [6.45, 7) is 0. The average molecular weight is 456 g/mol. The van der Waals surface area contributed by atoms with Crippen molar-refractivity contribution in [2.24, 2.45) is 4.52 Å². The average Bonchev–Trinajstić information content (AvgIpc) is 2.38. The van der Waals surface area contributed by atoms with E-state index in [-0.39, 0.29) is 0 Å². The molecule has 0 radical (unpaired) electrons. The SMILES string of the molecule is ClN1P(Cl)N=P(Cl)(Cl)N(Cl)P1Cl.Nc1ccc(N)cc1. The highest BCUT2D eigenvalue weighted by atomic mass is 35.9. The van der Waals surface area contributed by atoms with Gasteiger partial charge in [0.15, 0.2) is 7.58 Å². The Morgan fingerprint density at radius 2 is 1.40 bits per heavy atom. The minimum absolute atomic E-state index is 0.749. The molecule has 2 atom stereocenters. The van der Waals surface area contributed by atoms with E-state index in [0.29, 0.717) is 0 Å². The molecule has 0 saturated carbocycles. The fourth-order valence-electron chi connectivity index (χ4n) is 0.861. The van der Waals surface area contributed by atoms with Gasteiger partial charge in [0.1, 0.15) is 0 Å². The van der Waals surface area contributed by atoms with Crippen molar-refractivity contribution >= 4 is 101 Å². The Labute approximate surface area is 148 Å². The summed E-state index contributed by atoms with van der Waals surface area (Å²) in [6.07, 6.45) is 0. The van der Waals surface area contributed by atoms with Crippen LogP contribution in [0.4, 0.5) is 11.4 Å². The zero-order valence-electron chi connectivity index (χ0n) is 9.42. The van der Waals surface area contributed by atoms with Gasteiger partial charge in [-0.1, -0.05) is 11.2 Å². The van der Waals surface area contributed by atoms with Crippen LogP contribution in [0.2, 0.25) is 0 Å². The molecule has 1 aliphatic heterocycles. The predicted molar refractivity (Wildman–Crippen MR) is 97.3 cm³/mol. The van der Waals surface area contributed by atoms with Gasteiger partial charge in [-0.3, -0.25) is 0 Å². The van der Waals surface area contributed by atoms with E-state index in [4.69, 9.17) is 80.0 Å². The Kier molecular flexibility index (Phi) is 8.27. The lowest BCUT2D eigenvalue weighted by Gasteiger charge is -2.33. The number of hydrogen-bond donors (Lipinski definition) is 2. The zero-order valence-corrected chi connectivity index (χ0v) is 16.6. The number of anilines is 2. The summed E-state index contributed by atoms with van der Waals surface area (Å²) >= 11 is 34.3. The number of hydrogen-bond acceptors (Lipinski definition) is 5. The Hall–Kier alpha value is 1.57. The van der Waals surface area contributed by atoms with Gasteiger partial charge in [0, 0.05) is 11.4 Å². The third kappa shape index (κ3) is 5.65. The molecule has 1 heterocycles. The lowest BCUT2D eigenvalue weighted by Crippen LogP contribution is -2.05. The van der Waals surface area contributed by atoms with Crippen molar-refractivity contribution in [1.29, 1.82) is 0 Å². The number of halogens is 6. The topological polar surface area (TPSA) is 70.9 Å². The maximum absolute atomic E-state index is 5.78. The molecule has 5 nitrogen and oxygen atoms in total.